The van der Waals surface area contributed by atoms with Crippen LogP contribution in [0, 0.1) is 5.41 Å². The number of nitrogens with one attached hydrogen (secondary N) is 1. The van der Waals surface area contributed by atoms with Crippen LogP contribution in [-0.4, -0.2) is 39.5 Å². The third-order valence-electron chi connectivity index (χ3n) is 4.65. The van der Waals surface area contributed by atoms with E-state index in [1.807, 2.05) is 18.5 Å². The van der Waals surface area contributed by atoms with E-state index in [4.69, 9.17) is 0 Å². The Morgan fingerprint density at radius 3 is 2.55 bits per heavy atom. The molecule has 0 bridgehead atoms. The molecule has 2 atom stereocenters. The fourth-order valence-corrected chi connectivity index (χ4v) is 2.73. The molecule has 1 aliphatic rings. The van der Waals surface area contributed by atoms with E-state index in [2.05, 4.69) is 54.8 Å². The fraction of sp³-hybridized carbons (Fsp3) is 0.750. The summed E-state index contributed by atoms with van der Waals surface area (Å²) in [6.07, 6.45) is 4.79. The van der Waals surface area contributed by atoms with E-state index in [9.17, 15) is 0 Å². The molecule has 0 radical (unpaired) electrons. The van der Waals surface area contributed by atoms with E-state index in [0.717, 1.165) is 31.9 Å². The molecule has 2 unspecified atom stereocenters. The van der Waals surface area contributed by atoms with Crippen molar-refractivity contribution in [2.24, 2.45) is 5.41 Å². The summed E-state index contributed by atoms with van der Waals surface area (Å²) in [4.78, 5) is 11.3. The number of piperazine rings is 1. The van der Waals surface area contributed by atoms with Gasteiger partial charge in [0.15, 0.2) is 0 Å². The third-order valence-corrected chi connectivity index (χ3v) is 4.65. The van der Waals surface area contributed by atoms with Crippen LogP contribution in [-0.2, 0) is 6.54 Å². The lowest BCUT2D eigenvalue weighted by Crippen LogP contribution is -2.65. The maximum absolute atomic E-state index is 4.39. The number of aromatic nitrogens is 2. The molecule has 0 spiro atoms. The zero-order valence-electron chi connectivity index (χ0n) is 13.5. The molecule has 1 fully saturated rings. The minimum absolute atomic E-state index is 0.181. The first-order chi connectivity index (χ1) is 9.35. The van der Waals surface area contributed by atoms with Crippen LogP contribution >= 0.6 is 0 Å². The van der Waals surface area contributed by atoms with Crippen molar-refractivity contribution in [2.45, 2.75) is 59.2 Å². The van der Waals surface area contributed by atoms with Crippen molar-refractivity contribution >= 4 is 0 Å². The Morgan fingerprint density at radius 1 is 1.35 bits per heavy atom. The Hall–Kier alpha value is -1.00. The van der Waals surface area contributed by atoms with E-state index in [0.29, 0.717) is 6.04 Å². The predicted octanol–water partition coefficient (Wildman–Crippen LogP) is 2.47. The van der Waals surface area contributed by atoms with Gasteiger partial charge in [0.2, 0.25) is 0 Å². The molecule has 20 heavy (non-hydrogen) atoms. The highest BCUT2D eigenvalue weighted by molar-refractivity contribution is 5.00. The minimum atomic E-state index is 0.181. The summed E-state index contributed by atoms with van der Waals surface area (Å²) in [6.45, 7) is 14.4. The zero-order chi connectivity index (χ0) is 14.8. The predicted molar refractivity (Wildman–Crippen MR) is 82.4 cm³/mol. The molecule has 0 aliphatic carbocycles. The Bertz CT molecular complexity index is 426. The van der Waals surface area contributed by atoms with Crippen LogP contribution in [0.3, 0.4) is 0 Å². The van der Waals surface area contributed by atoms with Crippen molar-refractivity contribution < 1.29 is 0 Å². The van der Waals surface area contributed by atoms with Crippen LogP contribution in [0.5, 0.6) is 0 Å². The molecule has 2 rings (SSSR count). The van der Waals surface area contributed by atoms with Gasteiger partial charge in [0.05, 0.1) is 6.54 Å². The lowest BCUT2D eigenvalue weighted by Gasteiger charge is -2.50. The molecule has 1 aromatic heterocycles. The van der Waals surface area contributed by atoms with Crippen LogP contribution in [0.4, 0.5) is 0 Å². The normalized spacial score (nSPS) is 28.6. The van der Waals surface area contributed by atoms with Crippen LogP contribution in [0.1, 0.15) is 46.9 Å². The summed E-state index contributed by atoms with van der Waals surface area (Å²) in [6, 6.07) is 2.38. The molecule has 1 aromatic rings. The average Bonchev–Trinajstić information content (AvgIpc) is 2.41. The van der Waals surface area contributed by atoms with E-state index < -0.39 is 0 Å². The van der Waals surface area contributed by atoms with Crippen molar-refractivity contribution in [1.82, 2.24) is 20.2 Å². The summed E-state index contributed by atoms with van der Waals surface area (Å²) < 4.78 is 0. The molecule has 0 saturated carbocycles. The van der Waals surface area contributed by atoms with E-state index in [-0.39, 0.29) is 11.0 Å². The van der Waals surface area contributed by atoms with Gasteiger partial charge in [0, 0.05) is 37.1 Å². The first kappa shape index (κ1) is 15.4. The second-order valence-electron chi connectivity index (χ2n) is 7.20. The highest BCUT2D eigenvalue weighted by Gasteiger charge is 2.40. The van der Waals surface area contributed by atoms with Crippen molar-refractivity contribution in [3.05, 3.63) is 24.3 Å². The van der Waals surface area contributed by atoms with Gasteiger partial charge in [-0.05, 0) is 24.8 Å². The third kappa shape index (κ3) is 3.36. The lowest BCUT2D eigenvalue weighted by molar-refractivity contribution is 0.0139. The molecular formula is C16H28N4. The second-order valence-corrected chi connectivity index (χ2v) is 7.20. The van der Waals surface area contributed by atoms with Gasteiger partial charge in [0.1, 0.15) is 5.82 Å². The van der Waals surface area contributed by atoms with Crippen molar-refractivity contribution in [3.63, 3.8) is 0 Å². The van der Waals surface area contributed by atoms with Gasteiger partial charge < -0.3 is 5.32 Å². The van der Waals surface area contributed by atoms with Crippen molar-refractivity contribution in [2.75, 3.05) is 13.1 Å². The smallest absolute Gasteiger partial charge is 0.142 e. The first-order valence-electron chi connectivity index (χ1n) is 7.59. The summed E-state index contributed by atoms with van der Waals surface area (Å²) in [5.41, 5.74) is 0.450. The molecule has 1 saturated heterocycles. The molecule has 2 heterocycles. The lowest BCUT2D eigenvalue weighted by atomic mass is 9.81. The highest BCUT2D eigenvalue weighted by Crippen LogP contribution is 2.30. The van der Waals surface area contributed by atoms with Crippen LogP contribution < -0.4 is 5.32 Å². The molecular weight excluding hydrogens is 248 g/mol. The van der Waals surface area contributed by atoms with Crippen LogP contribution in [0.2, 0.25) is 0 Å². The van der Waals surface area contributed by atoms with Gasteiger partial charge in [-0.25, -0.2) is 9.97 Å². The number of rotatable bonds is 3. The molecule has 1 N–H and O–H groups in total. The van der Waals surface area contributed by atoms with E-state index in [1.54, 1.807) is 0 Å². The largest absolute Gasteiger partial charge is 0.310 e. The second kappa shape index (κ2) is 5.78. The van der Waals surface area contributed by atoms with Gasteiger partial charge in [-0.15, -0.1) is 0 Å². The first-order valence-corrected chi connectivity index (χ1v) is 7.59. The van der Waals surface area contributed by atoms with Gasteiger partial charge in [-0.2, -0.15) is 0 Å². The Balaban J connectivity index is 2.16. The van der Waals surface area contributed by atoms with Gasteiger partial charge in [-0.1, -0.05) is 27.7 Å². The fourth-order valence-electron chi connectivity index (χ4n) is 2.73. The van der Waals surface area contributed by atoms with Crippen molar-refractivity contribution in [3.8, 4) is 0 Å². The summed E-state index contributed by atoms with van der Waals surface area (Å²) in [5.74, 6) is 0.918. The Morgan fingerprint density at radius 2 is 2.00 bits per heavy atom. The van der Waals surface area contributed by atoms with Gasteiger partial charge >= 0.3 is 0 Å². The summed E-state index contributed by atoms with van der Waals surface area (Å²) in [7, 11) is 0. The number of nitrogens with zero attached hydrogens (tertiary/aromatic N) is 3. The topological polar surface area (TPSA) is 41.0 Å². The molecule has 0 amide bonds. The Labute approximate surface area is 123 Å². The molecule has 1 aliphatic heterocycles. The van der Waals surface area contributed by atoms with Crippen molar-refractivity contribution in [1.29, 1.82) is 0 Å². The highest BCUT2D eigenvalue weighted by atomic mass is 15.3. The molecule has 4 heteroatoms. The molecule has 4 nitrogen and oxygen atoms in total. The summed E-state index contributed by atoms with van der Waals surface area (Å²) in [5, 5.41) is 3.73. The maximum Gasteiger partial charge on any atom is 0.142 e. The Kier molecular flexibility index (Phi) is 4.45. The van der Waals surface area contributed by atoms with E-state index >= 15 is 0 Å². The molecule has 0 aromatic carbocycles. The molecule has 112 valence electrons. The number of hydrogen-bond acceptors (Lipinski definition) is 4. The summed E-state index contributed by atoms with van der Waals surface area (Å²) >= 11 is 0. The van der Waals surface area contributed by atoms with Crippen LogP contribution in [0.15, 0.2) is 18.5 Å². The minimum Gasteiger partial charge on any atom is -0.310 e. The average molecular weight is 276 g/mol. The maximum atomic E-state index is 4.39. The zero-order valence-corrected chi connectivity index (χ0v) is 13.5. The monoisotopic (exact) mass is 276 g/mol. The SMILES string of the molecule is CCC1(C)CNC(C(C)(C)C)CN1Cc1ncccn1. The standard InChI is InChI=1S/C16H28N4/c1-6-16(5)12-19-13(15(2,3)4)10-20(16)11-14-17-8-7-9-18-14/h7-9,13,19H,6,10-12H2,1-5H3. The van der Waals surface area contributed by atoms with Crippen LogP contribution in [0.25, 0.3) is 0 Å². The van der Waals surface area contributed by atoms with E-state index in [1.165, 1.54) is 0 Å². The quantitative estimate of drug-likeness (QED) is 0.921. The number of hydrogen-bond donors (Lipinski definition) is 1. The van der Waals surface area contributed by atoms with Gasteiger partial charge in [-0.3, -0.25) is 4.90 Å². The van der Waals surface area contributed by atoms with Gasteiger partial charge in [0.25, 0.3) is 0 Å².